The topological polar surface area (TPSA) is 97.6 Å². The van der Waals surface area contributed by atoms with Crippen LogP contribution in [0.3, 0.4) is 0 Å². The van der Waals surface area contributed by atoms with Gasteiger partial charge in [-0.05, 0) is 23.6 Å². The predicted octanol–water partition coefficient (Wildman–Crippen LogP) is 3.80. The molecule has 0 aliphatic carbocycles. The zero-order chi connectivity index (χ0) is 21.8. The molecule has 4 aromatic rings. The molecule has 1 amide bonds. The van der Waals surface area contributed by atoms with E-state index in [1.54, 1.807) is 36.4 Å². The van der Waals surface area contributed by atoms with Gasteiger partial charge in [0.05, 0.1) is 7.11 Å². The van der Waals surface area contributed by atoms with Gasteiger partial charge in [0.1, 0.15) is 17.0 Å². The Morgan fingerprint density at radius 1 is 0.935 bits per heavy atom. The van der Waals surface area contributed by atoms with E-state index in [4.69, 9.17) is 9.15 Å². The summed E-state index contributed by atoms with van der Waals surface area (Å²) >= 11 is 0. The molecule has 0 saturated heterocycles. The summed E-state index contributed by atoms with van der Waals surface area (Å²) in [6.45, 7) is 0. The van der Waals surface area contributed by atoms with Crippen LogP contribution in [0, 0.1) is 0 Å². The van der Waals surface area contributed by atoms with E-state index >= 15 is 0 Å². The number of rotatable bonds is 5. The minimum Gasteiger partial charge on any atom is -0.464 e. The van der Waals surface area contributed by atoms with Crippen LogP contribution in [0.4, 0.5) is 5.69 Å². The van der Waals surface area contributed by atoms with E-state index in [1.165, 1.54) is 13.3 Å². The third-order valence-electron chi connectivity index (χ3n) is 4.69. The lowest BCUT2D eigenvalue weighted by atomic mass is 10.1. The van der Waals surface area contributed by atoms with Crippen LogP contribution in [0.1, 0.15) is 10.4 Å². The lowest BCUT2D eigenvalue weighted by Crippen LogP contribution is -2.29. The van der Waals surface area contributed by atoms with Crippen LogP contribution in [0.2, 0.25) is 0 Å². The van der Waals surface area contributed by atoms with E-state index in [-0.39, 0.29) is 11.4 Å². The first-order chi connectivity index (χ1) is 15.1. The second kappa shape index (κ2) is 8.54. The third-order valence-corrected chi connectivity index (χ3v) is 4.69. The van der Waals surface area contributed by atoms with Crippen molar-refractivity contribution in [1.29, 1.82) is 0 Å². The quantitative estimate of drug-likeness (QED) is 0.223. The summed E-state index contributed by atoms with van der Waals surface area (Å²) in [7, 11) is 1.19. The van der Waals surface area contributed by atoms with Gasteiger partial charge in [-0.25, -0.2) is 9.59 Å². The lowest BCUT2D eigenvalue weighted by molar-refractivity contribution is -0.136. The lowest BCUT2D eigenvalue weighted by Gasteiger charge is -2.09. The van der Waals surface area contributed by atoms with Gasteiger partial charge in [0.15, 0.2) is 0 Å². The highest BCUT2D eigenvalue weighted by Crippen LogP contribution is 2.25. The first-order valence-corrected chi connectivity index (χ1v) is 9.44. The number of fused-ring (bicyclic) bond motifs is 3. The average molecular weight is 414 g/mol. The summed E-state index contributed by atoms with van der Waals surface area (Å²) in [5, 5.41) is 7.72. The van der Waals surface area contributed by atoms with Gasteiger partial charge in [-0.1, -0.05) is 54.6 Å². The molecule has 0 atom stereocenters. The summed E-state index contributed by atoms with van der Waals surface area (Å²) in [5.74, 6) is -1.26. The molecule has 0 saturated carbocycles. The Bertz CT molecular complexity index is 1370. The Kier molecular flexibility index (Phi) is 5.49. The van der Waals surface area contributed by atoms with Crippen LogP contribution >= 0.6 is 0 Å². The Labute approximate surface area is 176 Å². The maximum absolute atomic E-state index is 12.5. The van der Waals surface area contributed by atoms with Crippen molar-refractivity contribution in [1.82, 2.24) is 5.32 Å². The Morgan fingerprint density at radius 3 is 2.42 bits per heavy atom. The summed E-state index contributed by atoms with van der Waals surface area (Å²) in [5.41, 5.74) is 0.184. The number of ether oxygens (including phenoxy) is 1. The predicted molar refractivity (Wildman–Crippen MR) is 118 cm³/mol. The molecule has 0 radical (unpaired) electrons. The van der Waals surface area contributed by atoms with Crippen molar-refractivity contribution in [2.75, 3.05) is 12.4 Å². The Morgan fingerprint density at radius 2 is 1.65 bits per heavy atom. The molecule has 7 heteroatoms. The zero-order valence-electron chi connectivity index (χ0n) is 16.5. The van der Waals surface area contributed by atoms with Crippen LogP contribution in [0.15, 0.2) is 93.9 Å². The van der Waals surface area contributed by atoms with E-state index < -0.39 is 17.5 Å². The molecule has 4 rings (SSSR count). The first-order valence-electron chi connectivity index (χ1n) is 9.44. The molecule has 0 bridgehead atoms. The molecule has 0 fully saturated rings. The van der Waals surface area contributed by atoms with Crippen LogP contribution in [0.5, 0.6) is 0 Å². The van der Waals surface area contributed by atoms with Crippen molar-refractivity contribution in [2.24, 2.45) is 0 Å². The minimum absolute atomic E-state index is 0.109. The van der Waals surface area contributed by atoms with Gasteiger partial charge < -0.3 is 19.8 Å². The molecule has 0 aliphatic heterocycles. The smallest absolute Gasteiger partial charge is 0.360 e. The molecular weight excluding hydrogens is 396 g/mol. The number of anilines is 1. The minimum atomic E-state index is -0.770. The number of carbonyl (C=O) groups is 2. The number of esters is 1. The van der Waals surface area contributed by atoms with E-state index in [0.717, 1.165) is 10.8 Å². The molecule has 0 aliphatic rings. The van der Waals surface area contributed by atoms with E-state index in [0.29, 0.717) is 16.5 Å². The monoisotopic (exact) mass is 414 g/mol. The maximum atomic E-state index is 12.5. The van der Waals surface area contributed by atoms with Crippen LogP contribution in [-0.4, -0.2) is 19.0 Å². The summed E-state index contributed by atoms with van der Waals surface area (Å²) < 4.78 is 10.2. The highest BCUT2D eigenvalue weighted by Gasteiger charge is 2.15. The summed E-state index contributed by atoms with van der Waals surface area (Å²) in [4.78, 5) is 37.0. The maximum Gasteiger partial charge on any atom is 0.360 e. The number of methoxy groups -OCH3 is 1. The Hall–Kier alpha value is -4.39. The normalized spacial score (nSPS) is 11.3. The fraction of sp³-hybridized carbons (Fsp3) is 0.0417. The SMILES string of the molecule is COC(=O)/C(=C/Nc1cc2ccc3ccccc3c2oc1=O)NC(=O)c1ccccc1. The number of hydrogen-bond donors (Lipinski definition) is 2. The van der Waals surface area contributed by atoms with Crippen molar-refractivity contribution in [3.63, 3.8) is 0 Å². The fourth-order valence-electron chi connectivity index (χ4n) is 3.14. The van der Waals surface area contributed by atoms with Crippen LogP contribution < -0.4 is 16.3 Å². The van der Waals surface area contributed by atoms with Crippen molar-refractivity contribution < 1.29 is 18.7 Å². The highest BCUT2D eigenvalue weighted by molar-refractivity contribution is 6.04. The third kappa shape index (κ3) is 4.16. The molecule has 31 heavy (non-hydrogen) atoms. The number of amides is 1. The van der Waals surface area contributed by atoms with Crippen molar-refractivity contribution in [2.45, 2.75) is 0 Å². The number of benzene rings is 3. The van der Waals surface area contributed by atoms with E-state index in [1.807, 2.05) is 36.4 Å². The zero-order valence-corrected chi connectivity index (χ0v) is 16.5. The van der Waals surface area contributed by atoms with Gasteiger partial charge in [0.25, 0.3) is 5.91 Å². The van der Waals surface area contributed by atoms with Crippen LogP contribution in [0.25, 0.3) is 21.7 Å². The standard InChI is InChI=1S/C24H18N2O5/c1-30-23(28)20(26-22(27)16-8-3-2-4-9-16)14-25-19-13-17-12-11-15-7-5-6-10-18(15)21(17)31-24(19)29/h2-14,25H,1H3,(H,26,27)/b20-14-. The molecule has 0 spiro atoms. The molecule has 7 nitrogen and oxygen atoms in total. The molecule has 1 heterocycles. The summed E-state index contributed by atoms with van der Waals surface area (Å²) in [6, 6.07) is 21.4. The number of hydrogen-bond acceptors (Lipinski definition) is 6. The average Bonchev–Trinajstić information content (AvgIpc) is 2.81. The van der Waals surface area contributed by atoms with Crippen molar-refractivity contribution in [3.8, 4) is 0 Å². The first kappa shape index (κ1) is 19.9. The number of carbonyl (C=O) groups excluding carboxylic acids is 2. The van der Waals surface area contributed by atoms with Crippen LogP contribution in [-0.2, 0) is 9.53 Å². The van der Waals surface area contributed by atoms with Gasteiger partial charge in [-0.3, -0.25) is 4.79 Å². The number of nitrogens with one attached hydrogen (secondary N) is 2. The second-order valence-corrected chi connectivity index (χ2v) is 6.67. The van der Waals surface area contributed by atoms with Gasteiger partial charge in [0, 0.05) is 22.5 Å². The Balaban J connectivity index is 1.66. The molecule has 3 aromatic carbocycles. The van der Waals surface area contributed by atoms with Crippen molar-refractivity contribution in [3.05, 3.63) is 101 Å². The van der Waals surface area contributed by atoms with E-state index in [2.05, 4.69) is 10.6 Å². The fourth-order valence-corrected chi connectivity index (χ4v) is 3.14. The highest BCUT2D eigenvalue weighted by atomic mass is 16.5. The largest absolute Gasteiger partial charge is 0.464 e. The van der Waals surface area contributed by atoms with Gasteiger partial charge >= 0.3 is 11.6 Å². The van der Waals surface area contributed by atoms with E-state index in [9.17, 15) is 14.4 Å². The molecule has 154 valence electrons. The van der Waals surface area contributed by atoms with Gasteiger partial charge in [0.2, 0.25) is 0 Å². The van der Waals surface area contributed by atoms with Gasteiger partial charge in [-0.15, -0.1) is 0 Å². The molecular formula is C24H18N2O5. The second-order valence-electron chi connectivity index (χ2n) is 6.67. The summed E-state index contributed by atoms with van der Waals surface area (Å²) in [6.07, 6.45) is 1.20. The molecule has 0 unspecified atom stereocenters. The van der Waals surface area contributed by atoms with Crippen molar-refractivity contribution >= 4 is 39.3 Å². The van der Waals surface area contributed by atoms with Gasteiger partial charge in [-0.2, -0.15) is 0 Å². The molecule has 1 aromatic heterocycles. The molecule has 2 N–H and O–H groups in total.